The Kier molecular flexibility index (Phi) is 37.5. The zero-order valence-corrected chi connectivity index (χ0v) is 24.2. The van der Waals surface area contributed by atoms with E-state index in [9.17, 15) is 4.79 Å². The highest BCUT2D eigenvalue weighted by molar-refractivity contribution is 5.75. The monoisotopic (exact) mass is 525 g/mol. The van der Waals surface area contributed by atoms with Crippen LogP contribution < -0.4 is 5.32 Å². The van der Waals surface area contributed by atoms with E-state index in [0.717, 1.165) is 25.7 Å². The molecular formula is C31H59NO5. The van der Waals surface area contributed by atoms with Gasteiger partial charge in [-0.25, -0.2) is 0 Å². The minimum Gasteiger partial charge on any atom is -0.394 e. The first-order valence-electron chi connectivity index (χ1n) is 14.9. The third-order valence-corrected chi connectivity index (χ3v) is 5.78. The third-order valence-electron chi connectivity index (χ3n) is 5.78. The van der Waals surface area contributed by atoms with Crippen LogP contribution in [0.1, 0.15) is 116 Å². The van der Waals surface area contributed by atoms with Crippen molar-refractivity contribution in [2.24, 2.45) is 0 Å². The lowest BCUT2D eigenvalue weighted by Gasteiger charge is -2.07. The topological polar surface area (TPSA) is 77.0 Å². The number of aliphatic hydroxyl groups is 1. The summed E-state index contributed by atoms with van der Waals surface area (Å²) in [7, 11) is 0. The quantitative estimate of drug-likeness (QED) is 0.0717. The van der Waals surface area contributed by atoms with Gasteiger partial charge in [-0.05, 0) is 19.3 Å². The van der Waals surface area contributed by atoms with Gasteiger partial charge < -0.3 is 24.6 Å². The summed E-state index contributed by atoms with van der Waals surface area (Å²) in [4.78, 5) is 11.8. The smallest absolute Gasteiger partial charge is 0.220 e. The molecule has 2 N–H and O–H groups in total. The number of hydrogen-bond acceptors (Lipinski definition) is 5. The zero-order chi connectivity index (χ0) is 27.5. The van der Waals surface area contributed by atoms with Crippen molar-refractivity contribution < 1.29 is 24.1 Å². The second-order valence-electron chi connectivity index (χ2n) is 9.11. The first-order valence-corrected chi connectivity index (χ1v) is 14.9. The summed E-state index contributed by atoms with van der Waals surface area (Å²) in [6.45, 7) is 11.7. The van der Waals surface area contributed by atoms with Gasteiger partial charge in [0.1, 0.15) is 0 Å². The van der Waals surface area contributed by atoms with E-state index in [2.05, 4.69) is 37.2 Å². The van der Waals surface area contributed by atoms with Gasteiger partial charge in [-0.1, -0.05) is 77.6 Å². The molecule has 0 saturated heterocycles. The standard InChI is InChI=1S/C29H55NO5.C2H4/c1-2-3-4-5-6-7-8-9-10-11-12-13-14-15-16-17-18-19-20-29(32)30-21-23-33-25-27-35-28-26-34-24-22-31;1-2/h31H,2-10,13-28H2,1H3,(H,30,32);1-2H2. The Morgan fingerprint density at radius 3 is 1.59 bits per heavy atom. The Bertz CT molecular complexity index is 504. The maximum atomic E-state index is 11.8. The molecule has 0 aliphatic rings. The van der Waals surface area contributed by atoms with Crippen molar-refractivity contribution in [1.82, 2.24) is 5.32 Å². The lowest BCUT2D eigenvalue weighted by molar-refractivity contribution is -0.121. The van der Waals surface area contributed by atoms with Crippen LogP contribution in [0.4, 0.5) is 0 Å². The first-order chi connectivity index (χ1) is 18.3. The molecule has 0 radical (unpaired) electrons. The average Bonchev–Trinajstić information content (AvgIpc) is 2.92. The molecule has 0 fully saturated rings. The molecule has 0 aromatic rings. The van der Waals surface area contributed by atoms with Crippen molar-refractivity contribution in [3.05, 3.63) is 13.2 Å². The second-order valence-corrected chi connectivity index (χ2v) is 9.11. The van der Waals surface area contributed by atoms with Gasteiger partial charge in [-0.2, -0.15) is 0 Å². The van der Waals surface area contributed by atoms with Gasteiger partial charge in [0.2, 0.25) is 5.91 Å². The van der Waals surface area contributed by atoms with E-state index in [1.807, 2.05) is 0 Å². The van der Waals surface area contributed by atoms with E-state index in [-0.39, 0.29) is 12.5 Å². The van der Waals surface area contributed by atoms with E-state index in [1.165, 1.54) is 77.0 Å². The Morgan fingerprint density at radius 1 is 0.649 bits per heavy atom. The molecule has 0 aliphatic carbocycles. The highest BCUT2D eigenvalue weighted by Crippen LogP contribution is 2.10. The Hall–Kier alpha value is -1.39. The molecule has 0 aromatic heterocycles. The highest BCUT2D eigenvalue weighted by Gasteiger charge is 2.00. The Labute approximate surface area is 229 Å². The van der Waals surface area contributed by atoms with Crippen molar-refractivity contribution >= 4 is 5.91 Å². The predicted octanol–water partition coefficient (Wildman–Crippen LogP) is 6.60. The Morgan fingerprint density at radius 2 is 1.08 bits per heavy atom. The number of rotatable bonds is 27. The maximum absolute atomic E-state index is 11.8. The molecule has 218 valence electrons. The molecule has 0 spiro atoms. The summed E-state index contributed by atoms with van der Waals surface area (Å²) in [6, 6.07) is 0. The third kappa shape index (κ3) is 36.8. The number of ether oxygens (including phenoxy) is 3. The van der Waals surface area contributed by atoms with Crippen LogP contribution in [0.3, 0.4) is 0 Å². The molecule has 0 rings (SSSR count). The van der Waals surface area contributed by atoms with E-state index >= 15 is 0 Å². The van der Waals surface area contributed by atoms with Gasteiger partial charge in [0.15, 0.2) is 0 Å². The van der Waals surface area contributed by atoms with Gasteiger partial charge in [-0.3, -0.25) is 4.79 Å². The molecule has 0 atom stereocenters. The van der Waals surface area contributed by atoms with Gasteiger partial charge in [0.25, 0.3) is 0 Å². The van der Waals surface area contributed by atoms with Crippen molar-refractivity contribution in [3.63, 3.8) is 0 Å². The van der Waals surface area contributed by atoms with Crippen LogP contribution in [0.2, 0.25) is 0 Å². The molecule has 0 aromatic carbocycles. The van der Waals surface area contributed by atoms with Crippen LogP contribution in [0.25, 0.3) is 0 Å². The summed E-state index contributed by atoms with van der Waals surface area (Å²) in [6.07, 6.45) is 20.6. The fourth-order valence-electron chi connectivity index (χ4n) is 3.69. The van der Waals surface area contributed by atoms with E-state index in [0.29, 0.717) is 52.6 Å². The second kappa shape index (κ2) is 36.8. The molecule has 0 saturated carbocycles. The summed E-state index contributed by atoms with van der Waals surface area (Å²) in [5.74, 6) is 6.79. The number of aliphatic hydroxyl groups excluding tert-OH is 1. The molecule has 1 amide bonds. The lowest BCUT2D eigenvalue weighted by Crippen LogP contribution is -2.27. The Balaban J connectivity index is 0. The number of nitrogens with one attached hydrogen (secondary N) is 1. The number of carbonyl (C=O) groups excluding carboxylic acids is 1. The first kappa shape index (κ1) is 37.8. The van der Waals surface area contributed by atoms with Gasteiger partial charge in [0, 0.05) is 25.8 Å². The fourth-order valence-corrected chi connectivity index (χ4v) is 3.69. The lowest BCUT2D eigenvalue weighted by atomic mass is 10.1. The largest absolute Gasteiger partial charge is 0.394 e. The van der Waals surface area contributed by atoms with Crippen LogP contribution in [0.15, 0.2) is 13.2 Å². The molecule has 0 heterocycles. The average molecular weight is 526 g/mol. The van der Waals surface area contributed by atoms with Crippen LogP contribution in [-0.2, 0) is 19.0 Å². The molecule has 0 aliphatic heterocycles. The summed E-state index contributed by atoms with van der Waals surface area (Å²) in [5, 5.41) is 11.5. The van der Waals surface area contributed by atoms with Crippen molar-refractivity contribution in [2.45, 2.75) is 116 Å². The SMILES string of the molecule is C=C.CCCCCCCCCCC#CCCCCCCCCC(=O)NCCOCCOCCOCCO. The van der Waals surface area contributed by atoms with Gasteiger partial charge in [-0.15, -0.1) is 25.0 Å². The molecule has 6 nitrogen and oxygen atoms in total. The van der Waals surface area contributed by atoms with Crippen LogP contribution in [0.5, 0.6) is 0 Å². The van der Waals surface area contributed by atoms with E-state index < -0.39 is 0 Å². The minimum absolute atomic E-state index is 0.0321. The number of amides is 1. The number of carbonyl (C=O) groups is 1. The zero-order valence-electron chi connectivity index (χ0n) is 24.2. The number of hydrogen-bond donors (Lipinski definition) is 2. The van der Waals surface area contributed by atoms with Crippen LogP contribution in [0, 0.1) is 11.8 Å². The molecule has 37 heavy (non-hydrogen) atoms. The predicted molar refractivity (Wildman–Crippen MR) is 156 cm³/mol. The molecule has 0 unspecified atom stereocenters. The summed E-state index contributed by atoms with van der Waals surface area (Å²) >= 11 is 0. The summed E-state index contributed by atoms with van der Waals surface area (Å²) in [5.41, 5.74) is 0. The van der Waals surface area contributed by atoms with Crippen LogP contribution >= 0.6 is 0 Å². The van der Waals surface area contributed by atoms with Crippen molar-refractivity contribution in [2.75, 3.05) is 52.8 Å². The van der Waals surface area contributed by atoms with E-state index in [4.69, 9.17) is 19.3 Å². The molecule has 6 heteroatoms. The van der Waals surface area contributed by atoms with Crippen LogP contribution in [-0.4, -0.2) is 63.8 Å². The highest BCUT2D eigenvalue weighted by atomic mass is 16.5. The molecular weight excluding hydrogens is 466 g/mol. The van der Waals surface area contributed by atoms with Crippen molar-refractivity contribution in [1.29, 1.82) is 0 Å². The summed E-state index contributed by atoms with van der Waals surface area (Å²) < 4.78 is 15.8. The van der Waals surface area contributed by atoms with E-state index in [1.54, 1.807) is 0 Å². The number of unbranched alkanes of at least 4 members (excludes halogenated alkanes) is 14. The molecule has 0 bridgehead atoms. The van der Waals surface area contributed by atoms with Crippen molar-refractivity contribution in [3.8, 4) is 11.8 Å². The maximum Gasteiger partial charge on any atom is 0.220 e. The normalized spacial score (nSPS) is 10.3. The van der Waals surface area contributed by atoms with Gasteiger partial charge >= 0.3 is 0 Å². The van der Waals surface area contributed by atoms with Gasteiger partial charge in [0.05, 0.1) is 46.2 Å². The minimum atomic E-state index is 0.0321. The fraction of sp³-hybridized carbons (Fsp3) is 0.839.